The predicted molar refractivity (Wildman–Crippen MR) is 64.3 cm³/mol. The van der Waals surface area contributed by atoms with Crippen molar-refractivity contribution < 1.29 is 14.4 Å². The van der Waals surface area contributed by atoms with Gasteiger partial charge in [-0.1, -0.05) is 0 Å². The van der Waals surface area contributed by atoms with Crippen molar-refractivity contribution in [1.29, 1.82) is 0 Å². The van der Waals surface area contributed by atoms with Gasteiger partial charge in [0.25, 0.3) is 0 Å². The highest BCUT2D eigenvalue weighted by atomic mass is 16.2. The molecule has 0 fully saturated rings. The van der Waals surface area contributed by atoms with Crippen LogP contribution >= 0.6 is 0 Å². The first-order chi connectivity index (χ1) is 8.58. The largest absolute Gasteiger partial charge is 0.368 e. The maximum Gasteiger partial charge on any atom is 0.236 e. The van der Waals surface area contributed by atoms with E-state index in [-0.39, 0.29) is 25.3 Å². The molecular formula is C11H14N4O3. The number of carbonyl (C=O) groups is 3. The second-order valence-electron chi connectivity index (χ2n) is 3.53. The second-order valence-corrected chi connectivity index (χ2v) is 3.53. The summed E-state index contributed by atoms with van der Waals surface area (Å²) in [5.74, 6) is -1.31. The normalized spacial score (nSPS) is 9.56. The molecule has 0 saturated carbocycles. The number of nitrogens with one attached hydrogen (secondary N) is 2. The molecule has 96 valence electrons. The van der Waals surface area contributed by atoms with E-state index in [1.54, 1.807) is 18.3 Å². The van der Waals surface area contributed by atoms with Gasteiger partial charge in [0, 0.05) is 19.0 Å². The smallest absolute Gasteiger partial charge is 0.236 e. The first-order valence-electron chi connectivity index (χ1n) is 5.33. The van der Waals surface area contributed by atoms with Crippen LogP contribution in [0.15, 0.2) is 24.5 Å². The van der Waals surface area contributed by atoms with Gasteiger partial charge in [0.15, 0.2) is 0 Å². The summed E-state index contributed by atoms with van der Waals surface area (Å²) in [7, 11) is 0. The molecule has 7 nitrogen and oxygen atoms in total. The lowest BCUT2D eigenvalue weighted by Gasteiger charge is -2.04. The van der Waals surface area contributed by atoms with Gasteiger partial charge in [0.2, 0.25) is 17.7 Å². The first-order valence-corrected chi connectivity index (χ1v) is 5.33. The van der Waals surface area contributed by atoms with Crippen molar-refractivity contribution in [3.05, 3.63) is 24.5 Å². The number of aromatic nitrogens is 1. The quantitative estimate of drug-likeness (QED) is 0.625. The summed E-state index contributed by atoms with van der Waals surface area (Å²) in [6.45, 7) is -0.219. The number of hydrogen-bond donors (Lipinski definition) is 3. The van der Waals surface area contributed by atoms with E-state index in [4.69, 9.17) is 5.73 Å². The molecule has 0 radical (unpaired) electrons. The number of nitrogens with zero attached hydrogens (tertiary/aromatic N) is 1. The molecule has 18 heavy (non-hydrogen) atoms. The lowest BCUT2D eigenvalue weighted by molar-refractivity contribution is -0.126. The zero-order valence-corrected chi connectivity index (χ0v) is 9.68. The molecule has 0 atom stereocenters. The van der Waals surface area contributed by atoms with Crippen LogP contribution in [0, 0.1) is 0 Å². The van der Waals surface area contributed by atoms with Crippen molar-refractivity contribution in [3.8, 4) is 0 Å². The molecule has 0 unspecified atom stereocenters. The molecule has 1 rings (SSSR count). The second kappa shape index (κ2) is 7.00. The highest BCUT2D eigenvalue weighted by molar-refractivity contribution is 5.93. The van der Waals surface area contributed by atoms with Crippen LogP contribution in [-0.2, 0) is 14.4 Å². The molecule has 4 N–H and O–H groups in total. The summed E-state index contributed by atoms with van der Waals surface area (Å²) in [5.41, 5.74) is 5.43. The van der Waals surface area contributed by atoms with Gasteiger partial charge in [-0.2, -0.15) is 0 Å². The molecular weight excluding hydrogens is 236 g/mol. The first kappa shape index (κ1) is 13.6. The Balaban J connectivity index is 2.25. The van der Waals surface area contributed by atoms with E-state index < -0.39 is 11.8 Å². The summed E-state index contributed by atoms with van der Waals surface area (Å²) in [5, 5.41) is 4.88. The van der Waals surface area contributed by atoms with Gasteiger partial charge in [-0.15, -0.1) is 0 Å². The topological polar surface area (TPSA) is 114 Å². The highest BCUT2D eigenvalue weighted by Crippen LogP contribution is 2.03. The Bertz CT molecular complexity index is 433. The zero-order valence-electron chi connectivity index (χ0n) is 9.68. The van der Waals surface area contributed by atoms with Crippen molar-refractivity contribution in [2.24, 2.45) is 5.73 Å². The van der Waals surface area contributed by atoms with Crippen molar-refractivity contribution in [1.82, 2.24) is 10.3 Å². The van der Waals surface area contributed by atoms with Gasteiger partial charge >= 0.3 is 0 Å². The minimum Gasteiger partial charge on any atom is -0.368 e. The van der Waals surface area contributed by atoms with E-state index in [2.05, 4.69) is 15.6 Å². The van der Waals surface area contributed by atoms with E-state index >= 15 is 0 Å². The Hall–Kier alpha value is -2.44. The van der Waals surface area contributed by atoms with Crippen molar-refractivity contribution in [2.45, 2.75) is 12.8 Å². The predicted octanol–water partition coefficient (Wildman–Crippen LogP) is -0.598. The van der Waals surface area contributed by atoms with Crippen LogP contribution in [0.5, 0.6) is 0 Å². The van der Waals surface area contributed by atoms with Gasteiger partial charge in [-0.05, 0) is 12.1 Å². The van der Waals surface area contributed by atoms with Gasteiger partial charge in [0.1, 0.15) is 0 Å². The van der Waals surface area contributed by atoms with E-state index in [1.165, 1.54) is 6.20 Å². The van der Waals surface area contributed by atoms with Crippen molar-refractivity contribution in [3.63, 3.8) is 0 Å². The average molecular weight is 250 g/mol. The fourth-order valence-electron chi connectivity index (χ4n) is 1.16. The SMILES string of the molecule is NC(=O)CNC(=O)CCC(=O)Nc1cccnc1. The number of pyridine rings is 1. The number of hydrogen-bond acceptors (Lipinski definition) is 4. The zero-order chi connectivity index (χ0) is 13.4. The third-order valence-electron chi connectivity index (χ3n) is 1.98. The monoisotopic (exact) mass is 250 g/mol. The molecule has 0 aromatic carbocycles. The third kappa shape index (κ3) is 5.59. The number of rotatable bonds is 6. The van der Waals surface area contributed by atoms with Crippen LogP contribution in [-0.4, -0.2) is 29.3 Å². The molecule has 3 amide bonds. The van der Waals surface area contributed by atoms with Crippen LogP contribution in [0.2, 0.25) is 0 Å². The van der Waals surface area contributed by atoms with Gasteiger partial charge < -0.3 is 16.4 Å². The van der Waals surface area contributed by atoms with Crippen molar-refractivity contribution in [2.75, 3.05) is 11.9 Å². The lowest BCUT2D eigenvalue weighted by Crippen LogP contribution is -2.33. The third-order valence-corrected chi connectivity index (χ3v) is 1.98. The maximum atomic E-state index is 11.4. The highest BCUT2D eigenvalue weighted by Gasteiger charge is 2.07. The Labute approximate surface area is 104 Å². The molecule has 7 heteroatoms. The molecule has 1 heterocycles. The molecule has 0 aliphatic rings. The Morgan fingerprint density at radius 1 is 1.22 bits per heavy atom. The lowest BCUT2D eigenvalue weighted by atomic mass is 10.2. The summed E-state index contributed by atoms with van der Waals surface area (Å²) < 4.78 is 0. The van der Waals surface area contributed by atoms with E-state index in [0.29, 0.717) is 5.69 Å². The maximum absolute atomic E-state index is 11.4. The van der Waals surface area contributed by atoms with E-state index in [0.717, 1.165) is 0 Å². The minimum absolute atomic E-state index is 0.000620. The molecule has 0 bridgehead atoms. The summed E-state index contributed by atoms with van der Waals surface area (Å²) in [4.78, 5) is 36.9. The van der Waals surface area contributed by atoms with E-state index in [9.17, 15) is 14.4 Å². The Morgan fingerprint density at radius 2 is 1.94 bits per heavy atom. The minimum atomic E-state index is -0.622. The molecule has 0 spiro atoms. The molecule has 0 saturated heterocycles. The fourth-order valence-corrected chi connectivity index (χ4v) is 1.16. The van der Waals surface area contributed by atoms with Crippen LogP contribution in [0.4, 0.5) is 5.69 Å². The van der Waals surface area contributed by atoms with Gasteiger partial charge in [-0.25, -0.2) is 0 Å². The van der Waals surface area contributed by atoms with Crippen LogP contribution in [0.1, 0.15) is 12.8 Å². The molecule has 1 aromatic rings. The van der Waals surface area contributed by atoms with Crippen LogP contribution in [0.25, 0.3) is 0 Å². The van der Waals surface area contributed by atoms with Crippen LogP contribution in [0.3, 0.4) is 0 Å². The Kier molecular flexibility index (Phi) is 5.30. The molecule has 0 aliphatic heterocycles. The van der Waals surface area contributed by atoms with E-state index in [1.807, 2.05) is 0 Å². The Morgan fingerprint density at radius 3 is 2.56 bits per heavy atom. The molecule has 1 aromatic heterocycles. The van der Waals surface area contributed by atoms with Crippen molar-refractivity contribution >= 4 is 23.4 Å². The average Bonchev–Trinajstić information content (AvgIpc) is 2.35. The number of amides is 3. The summed E-state index contributed by atoms with van der Waals surface area (Å²) in [6.07, 6.45) is 3.12. The molecule has 0 aliphatic carbocycles. The summed E-state index contributed by atoms with van der Waals surface area (Å²) >= 11 is 0. The van der Waals surface area contributed by atoms with Gasteiger partial charge in [0.05, 0.1) is 18.4 Å². The van der Waals surface area contributed by atoms with Gasteiger partial charge in [-0.3, -0.25) is 19.4 Å². The fraction of sp³-hybridized carbons (Fsp3) is 0.273. The number of primary amides is 1. The standard InChI is InChI=1S/C11H14N4O3/c12-9(16)7-14-10(17)3-4-11(18)15-8-2-1-5-13-6-8/h1-2,5-6H,3-4,7H2,(H2,12,16)(H,14,17)(H,15,18). The van der Waals surface area contributed by atoms with Crippen LogP contribution < -0.4 is 16.4 Å². The summed E-state index contributed by atoms with van der Waals surface area (Å²) in [6, 6.07) is 3.38. The number of carbonyl (C=O) groups excluding carboxylic acids is 3. The number of nitrogens with two attached hydrogens (primary N) is 1. The number of anilines is 1.